The average molecular weight is 434 g/mol. The lowest BCUT2D eigenvalue weighted by atomic mass is 9.98. The Balaban J connectivity index is 1.61. The molecule has 1 atom stereocenters. The SMILES string of the molecule is Cc1ccc2oc3c(c(=O)c2c1)[C@@H](c1cccc(Cl)c1)N(CCCn1ccnc1)C3=O. The first-order valence-electron chi connectivity index (χ1n) is 10.1. The van der Waals surface area contributed by atoms with Crippen LogP contribution in [-0.4, -0.2) is 26.9 Å². The lowest BCUT2D eigenvalue weighted by molar-refractivity contribution is 0.0723. The van der Waals surface area contributed by atoms with E-state index >= 15 is 0 Å². The lowest BCUT2D eigenvalue weighted by Gasteiger charge is -2.25. The number of fused-ring (bicyclic) bond motifs is 2. The molecule has 0 unspecified atom stereocenters. The normalized spacial score (nSPS) is 15.6. The van der Waals surface area contributed by atoms with Crippen LogP contribution >= 0.6 is 11.6 Å². The number of amides is 1. The van der Waals surface area contributed by atoms with Gasteiger partial charge in [-0.1, -0.05) is 35.4 Å². The van der Waals surface area contributed by atoms with Crippen molar-refractivity contribution < 1.29 is 9.21 Å². The van der Waals surface area contributed by atoms with Crippen molar-refractivity contribution in [2.24, 2.45) is 0 Å². The van der Waals surface area contributed by atoms with Gasteiger partial charge in [-0.25, -0.2) is 4.98 Å². The Labute approximate surface area is 183 Å². The number of halogens is 1. The molecule has 1 amide bonds. The van der Waals surface area contributed by atoms with E-state index in [1.165, 1.54) is 0 Å². The van der Waals surface area contributed by atoms with Crippen molar-refractivity contribution >= 4 is 28.5 Å². The summed E-state index contributed by atoms with van der Waals surface area (Å²) in [7, 11) is 0. The fourth-order valence-electron chi connectivity index (χ4n) is 4.23. The molecule has 1 aliphatic rings. The summed E-state index contributed by atoms with van der Waals surface area (Å²) in [6, 6.07) is 12.2. The zero-order valence-electron chi connectivity index (χ0n) is 16.9. The predicted molar refractivity (Wildman–Crippen MR) is 118 cm³/mol. The summed E-state index contributed by atoms with van der Waals surface area (Å²) in [5.74, 6) is -0.154. The van der Waals surface area contributed by atoms with Crippen LogP contribution in [0.1, 0.15) is 39.7 Å². The van der Waals surface area contributed by atoms with Crippen LogP contribution in [0.4, 0.5) is 0 Å². The summed E-state index contributed by atoms with van der Waals surface area (Å²) >= 11 is 6.25. The van der Waals surface area contributed by atoms with E-state index in [1.54, 1.807) is 35.6 Å². The Kier molecular flexibility index (Phi) is 4.87. The van der Waals surface area contributed by atoms with Crippen LogP contribution in [0.2, 0.25) is 5.02 Å². The highest BCUT2D eigenvalue weighted by Gasteiger charge is 2.42. The first kappa shape index (κ1) is 19.6. The Morgan fingerprint density at radius 3 is 2.77 bits per heavy atom. The van der Waals surface area contributed by atoms with E-state index in [2.05, 4.69) is 4.98 Å². The van der Waals surface area contributed by atoms with Gasteiger partial charge < -0.3 is 13.9 Å². The number of aromatic nitrogens is 2. The van der Waals surface area contributed by atoms with E-state index in [1.807, 2.05) is 42.0 Å². The van der Waals surface area contributed by atoms with Crippen LogP contribution in [-0.2, 0) is 6.54 Å². The van der Waals surface area contributed by atoms with Crippen molar-refractivity contribution in [3.8, 4) is 0 Å². The average Bonchev–Trinajstić information content (AvgIpc) is 3.36. The van der Waals surface area contributed by atoms with Crippen molar-refractivity contribution in [3.05, 3.63) is 98.9 Å². The van der Waals surface area contributed by atoms with E-state index in [0.717, 1.165) is 11.1 Å². The zero-order valence-corrected chi connectivity index (χ0v) is 17.7. The van der Waals surface area contributed by atoms with Crippen molar-refractivity contribution in [2.75, 3.05) is 6.54 Å². The molecule has 0 spiro atoms. The molecule has 31 heavy (non-hydrogen) atoms. The summed E-state index contributed by atoms with van der Waals surface area (Å²) in [4.78, 5) is 32.6. The topological polar surface area (TPSA) is 68.3 Å². The molecule has 5 rings (SSSR count). The van der Waals surface area contributed by atoms with Crippen LogP contribution in [0.5, 0.6) is 0 Å². The molecule has 0 saturated carbocycles. The third kappa shape index (κ3) is 3.43. The second-order valence-corrected chi connectivity index (χ2v) is 8.22. The number of benzene rings is 2. The molecule has 4 aromatic rings. The number of carbonyl (C=O) groups is 1. The number of aryl methyl sites for hydroxylation is 2. The fraction of sp³-hybridized carbons (Fsp3) is 0.208. The highest BCUT2D eigenvalue weighted by Crippen LogP contribution is 2.38. The van der Waals surface area contributed by atoms with Crippen molar-refractivity contribution in [1.82, 2.24) is 14.5 Å². The van der Waals surface area contributed by atoms with E-state index < -0.39 is 6.04 Å². The van der Waals surface area contributed by atoms with Gasteiger partial charge in [-0.2, -0.15) is 0 Å². The van der Waals surface area contributed by atoms with Gasteiger partial charge in [0.25, 0.3) is 5.91 Å². The molecule has 0 aliphatic carbocycles. The molecule has 2 aromatic carbocycles. The minimum Gasteiger partial charge on any atom is -0.450 e. The molecular weight excluding hydrogens is 414 g/mol. The predicted octanol–water partition coefficient (Wildman–Crippen LogP) is 4.59. The number of hydrogen-bond acceptors (Lipinski definition) is 4. The van der Waals surface area contributed by atoms with Gasteiger partial charge in [0, 0.05) is 30.5 Å². The maximum absolute atomic E-state index is 13.5. The number of carbonyl (C=O) groups excluding carboxylic acids is 1. The maximum Gasteiger partial charge on any atom is 0.290 e. The molecular formula is C24H20ClN3O3. The van der Waals surface area contributed by atoms with Gasteiger partial charge in [0.1, 0.15) is 5.58 Å². The minimum absolute atomic E-state index is 0.119. The van der Waals surface area contributed by atoms with Crippen molar-refractivity contribution in [3.63, 3.8) is 0 Å². The Hall–Kier alpha value is -3.38. The summed E-state index contributed by atoms with van der Waals surface area (Å²) < 4.78 is 7.94. The van der Waals surface area contributed by atoms with Crippen molar-refractivity contribution in [2.45, 2.75) is 25.9 Å². The van der Waals surface area contributed by atoms with Gasteiger partial charge in [0.2, 0.25) is 5.76 Å². The molecule has 1 aliphatic heterocycles. The van der Waals surface area contributed by atoms with Crippen LogP contribution in [0.25, 0.3) is 11.0 Å². The summed E-state index contributed by atoms with van der Waals surface area (Å²) in [6.45, 7) is 3.10. The van der Waals surface area contributed by atoms with E-state index in [4.69, 9.17) is 16.0 Å². The van der Waals surface area contributed by atoms with Crippen LogP contribution in [0, 0.1) is 6.92 Å². The zero-order chi connectivity index (χ0) is 21.5. The third-order valence-electron chi connectivity index (χ3n) is 5.66. The first-order valence-corrected chi connectivity index (χ1v) is 10.5. The number of rotatable bonds is 5. The number of hydrogen-bond donors (Lipinski definition) is 0. The minimum atomic E-state index is -0.537. The van der Waals surface area contributed by atoms with Crippen LogP contribution < -0.4 is 5.43 Å². The van der Waals surface area contributed by atoms with E-state index in [-0.39, 0.29) is 17.1 Å². The third-order valence-corrected chi connectivity index (χ3v) is 5.90. The smallest absolute Gasteiger partial charge is 0.290 e. The van der Waals surface area contributed by atoms with Gasteiger partial charge in [-0.3, -0.25) is 9.59 Å². The van der Waals surface area contributed by atoms with Crippen molar-refractivity contribution in [1.29, 1.82) is 0 Å². The van der Waals surface area contributed by atoms with E-state index in [9.17, 15) is 9.59 Å². The maximum atomic E-state index is 13.5. The van der Waals surface area contributed by atoms with Crippen LogP contribution in [0.15, 0.2) is 70.4 Å². The highest BCUT2D eigenvalue weighted by atomic mass is 35.5. The highest BCUT2D eigenvalue weighted by molar-refractivity contribution is 6.30. The van der Waals surface area contributed by atoms with Gasteiger partial charge in [-0.15, -0.1) is 0 Å². The molecule has 2 aromatic heterocycles. The number of nitrogens with zero attached hydrogens (tertiary/aromatic N) is 3. The fourth-order valence-corrected chi connectivity index (χ4v) is 4.43. The molecule has 6 nitrogen and oxygen atoms in total. The quantitative estimate of drug-likeness (QED) is 0.461. The second kappa shape index (κ2) is 7.71. The Bertz CT molecular complexity index is 1340. The molecule has 3 heterocycles. The largest absolute Gasteiger partial charge is 0.450 e. The van der Waals surface area contributed by atoms with Gasteiger partial charge in [0.05, 0.1) is 23.3 Å². The summed E-state index contributed by atoms with van der Waals surface area (Å²) in [6.07, 6.45) is 6.06. The monoisotopic (exact) mass is 433 g/mol. The van der Waals surface area contributed by atoms with Gasteiger partial charge in [0.15, 0.2) is 5.43 Å². The van der Waals surface area contributed by atoms with Gasteiger partial charge >= 0.3 is 0 Å². The lowest BCUT2D eigenvalue weighted by Crippen LogP contribution is -2.31. The molecule has 156 valence electrons. The standard InChI is InChI=1S/C24H20ClN3O3/c1-15-6-7-19-18(12-15)22(29)20-21(16-4-2-5-17(25)13-16)28(24(30)23(20)31-19)10-3-9-27-11-8-26-14-27/h2,4-8,11-14,21H,3,9-10H2,1H3/t21-/m1/s1. The first-order chi connectivity index (χ1) is 15.0. The number of imidazole rings is 1. The molecule has 0 bridgehead atoms. The van der Waals surface area contributed by atoms with Crippen LogP contribution in [0.3, 0.4) is 0 Å². The molecule has 0 fully saturated rings. The van der Waals surface area contributed by atoms with E-state index in [0.29, 0.717) is 41.1 Å². The molecule has 0 saturated heterocycles. The Morgan fingerprint density at radius 1 is 1.13 bits per heavy atom. The summed E-state index contributed by atoms with van der Waals surface area (Å²) in [5.41, 5.74) is 2.39. The summed E-state index contributed by atoms with van der Waals surface area (Å²) in [5, 5.41) is 1.04. The van der Waals surface area contributed by atoms with Gasteiger partial charge in [-0.05, 0) is 43.2 Å². The molecule has 7 heteroatoms. The second-order valence-electron chi connectivity index (χ2n) is 7.78. The molecule has 0 N–H and O–H groups in total. The molecule has 0 radical (unpaired) electrons. The Morgan fingerprint density at radius 2 is 2.00 bits per heavy atom.